The van der Waals surface area contributed by atoms with E-state index in [4.69, 9.17) is 0 Å². The van der Waals surface area contributed by atoms with Crippen molar-refractivity contribution < 1.29 is 4.79 Å². The number of carbonyl (C=O) groups is 1. The van der Waals surface area contributed by atoms with Crippen molar-refractivity contribution in [2.45, 2.75) is 33.2 Å². The molecule has 2 heteroatoms. The SMILES string of the molecule is CC(C)C(C)N(C)CC(=O)Cc1ccccc1. The smallest absolute Gasteiger partial charge is 0.151 e. The first kappa shape index (κ1) is 13.9. The quantitative estimate of drug-likeness (QED) is 0.753. The molecule has 0 amide bonds. The van der Waals surface area contributed by atoms with Crippen LogP contribution in [0, 0.1) is 5.92 Å². The fourth-order valence-electron chi connectivity index (χ4n) is 1.81. The average Bonchev–Trinajstić information content (AvgIpc) is 2.28. The third-order valence-corrected chi connectivity index (χ3v) is 3.33. The molecule has 1 unspecified atom stereocenters. The van der Waals surface area contributed by atoms with Gasteiger partial charge in [0.25, 0.3) is 0 Å². The number of benzene rings is 1. The molecule has 1 aromatic rings. The van der Waals surface area contributed by atoms with Crippen LogP contribution >= 0.6 is 0 Å². The minimum absolute atomic E-state index is 0.284. The molecule has 1 atom stereocenters. The molecule has 0 fully saturated rings. The van der Waals surface area contributed by atoms with Gasteiger partial charge in [-0.1, -0.05) is 44.2 Å². The third kappa shape index (κ3) is 4.70. The van der Waals surface area contributed by atoms with Crippen LogP contribution in [0.2, 0.25) is 0 Å². The lowest BCUT2D eigenvalue weighted by molar-refractivity contribution is -0.119. The van der Waals surface area contributed by atoms with Crippen LogP contribution in [0.1, 0.15) is 26.3 Å². The van der Waals surface area contributed by atoms with Gasteiger partial charge in [-0.05, 0) is 25.5 Å². The molecular weight excluding hydrogens is 210 g/mol. The standard InChI is InChI=1S/C15H23NO/c1-12(2)13(3)16(4)11-15(17)10-14-8-6-5-7-9-14/h5-9,12-13H,10-11H2,1-4H3. The van der Waals surface area contributed by atoms with Crippen molar-refractivity contribution >= 4 is 5.78 Å². The summed E-state index contributed by atoms with van der Waals surface area (Å²) < 4.78 is 0. The topological polar surface area (TPSA) is 20.3 Å². The Morgan fingerprint density at radius 1 is 1.18 bits per heavy atom. The Labute approximate surface area is 105 Å². The predicted molar refractivity (Wildman–Crippen MR) is 72.1 cm³/mol. The highest BCUT2D eigenvalue weighted by atomic mass is 16.1. The largest absolute Gasteiger partial charge is 0.298 e. The molecule has 0 bridgehead atoms. The summed E-state index contributed by atoms with van der Waals surface area (Å²) in [5.74, 6) is 0.857. The lowest BCUT2D eigenvalue weighted by Gasteiger charge is -2.27. The molecule has 94 valence electrons. The molecule has 0 aromatic heterocycles. The van der Waals surface area contributed by atoms with E-state index in [1.807, 2.05) is 37.4 Å². The summed E-state index contributed by atoms with van der Waals surface area (Å²) in [5, 5.41) is 0. The second kappa shape index (κ2) is 6.55. The van der Waals surface area contributed by atoms with Crippen molar-refractivity contribution in [1.82, 2.24) is 4.90 Å². The minimum atomic E-state index is 0.284. The van der Waals surface area contributed by atoms with Crippen LogP contribution < -0.4 is 0 Å². The molecule has 0 heterocycles. The first-order valence-corrected chi connectivity index (χ1v) is 6.26. The summed E-state index contributed by atoms with van der Waals surface area (Å²) >= 11 is 0. The van der Waals surface area contributed by atoms with Crippen LogP contribution in [-0.2, 0) is 11.2 Å². The second-order valence-electron chi connectivity index (χ2n) is 5.10. The van der Waals surface area contributed by atoms with Crippen LogP contribution in [0.25, 0.3) is 0 Å². The highest BCUT2D eigenvalue weighted by molar-refractivity contribution is 5.82. The zero-order chi connectivity index (χ0) is 12.8. The molecular formula is C15H23NO. The van der Waals surface area contributed by atoms with Crippen LogP contribution in [-0.4, -0.2) is 30.3 Å². The number of likely N-dealkylation sites (N-methyl/N-ethyl adjacent to an activating group) is 1. The maximum atomic E-state index is 11.9. The monoisotopic (exact) mass is 233 g/mol. The molecule has 0 saturated carbocycles. The van der Waals surface area contributed by atoms with E-state index in [0.29, 0.717) is 24.9 Å². The minimum Gasteiger partial charge on any atom is -0.298 e. The third-order valence-electron chi connectivity index (χ3n) is 3.33. The average molecular weight is 233 g/mol. The first-order chi connectivity index (χ1) is 8.00. The van der Waals surface area contributed by atoms with E-state index in [1.165, 1.54) is 0 Å². The van der Waals surface area contributed by atoms with Crippen molar-refractivity contribution in [1.29, 1.82) is 0 Å². The van der Waals surface area contributed by atoms with Gasteiger partial charge in [0.1, 0.15) is 0 Å². The molecule has 0 saturated heterocycles. The van der Waals surface area contributed by atoms with Gasteiger partial charge in [-0.3, -0.25) is 9.69 Å². The molecule has 0 aliphatic heterocycles. The highest BCUT2D eigenvalue weighted by Crippen LogP contribution is 2.08. The number of carbonyl (C=O) groups excluding carboxylic acids is 1. The molecule has 0 N–H and O–H groups in total. The van der Waals surface area contributed by atoms with E-state index in [-0.39, 0.29) is 5.78 Å². The molecule has 0 aliphatic carbocycles. The van der Waals surface area contributed by atoms with Crippen molar-refractivity contribution in [2.24, 2.45) is 5.92 Å². The van der Waals surface area contributed by atoms with E-state index < -0.39 is 0 Å². The normalized spacial score (nSPS) is 13.1. The van der Waals surface area contributed by atoms with Gasteiger partial charge >= 0.3 is 0 Å². The molecule has 0 aliphatic rings. The van der Waals surface area contributed by atoms with Gasteiger partial charge in [0, 0.05) is 12.5 Å². The highest BCUT2D eigenvalue weighted by Gasteiger charge is 2.15. The van der Waals surface area contributed by atoms with Gasteiger partial charge in [-0.2, -0.15) is 0 Å². The lowest BCUT2D eigenvalue weighted by atomic mass is 10.0. The van der Waals surface area contributed by atoms with Crippen molar-refractivity contribution in [3.8, 4) is 0 Å². The molecule has 0 radical (unpaired) electrons. The Kier molecular flexibility index (Phi) is 5.36. The van der Waals surface area contributed by atoms with Crippen LogP contribution in [0.5, 0.6) is 0 Å². The maximum absolute atomic E-state index is 11.9. The molecule has 0 spiro atoms. The Morgan fingerprint density at radius 3 is 2.29 bits per heavy atom. The predicted octanol–water partition coefficient (Wildman–Crippen LogP) is 2.77. The summed E-state index contributed by atoms with van der Waals surface area (Å²) in [6, 6.07) is 10.4. The van der Waals surface area contributed by atoms with Crippen molar-refractivity contribution in [3.63, 3.8) is 0 Å². The second-order valence-corrected chi connectivity index (χ2v) is 5.10. The van der Waals surface area contributed by atoms with Gasteiger partial charge in [-0.25, -0.2) is 0 Å². The molecule has 2 nitrogen and oxygen atoms in total. The number of Topliss-reactive ketones (excluding diaryl/α,β-unsaturated/α-hetero) is 1. The Balaban J connectivity index is 2.45. The Morgan fingerprint density at radius 2 is 1.76 bits per heavy atom. The summed E-state index contributed by atoms with van der Waals surface area (Å²) in [6.07, 6.45) is 0.538. The summed E-state index contributed by atoms with van der Waals surface area (Å²) in [5.41, 5.74) is 1.10. The fourth-order valence-corrected chi connectivity index (χ4v) is 1.81. The number of ketones is 1. The van der Waals surface area contributed by atoms with Gasteiger partial charge < -0.3 is 0 Å². The van der Waals surface area contributed by atoms with E-state index in [1.54, 1.807) is 0 Å². The Hall–Kier alpha value is -1.15. The number of hydrogen-bond donors (Lipinski definition) is 0. The van der Waals surface area contributed by atoms with E-state index in [0.717, 1.165) is 5.56 Å². The first-order valence-electron chi connectivity index (χ1n) is 6.26. The van der Waals surface area contributed by atoms with Gasteiger partial charge in [0.15, 0.2) is 5.78 Å². The zero-order valence-corrected chi connectivity index (χ0v) is 11.3. The van der Waals surface area contributed by atoms with Crippen LogP contribution in [0.4, 0.5) is 0 Å². The zero-order valence-electron chi connectivity index (χ0n) is 11.3. The molecule has 1 aromatic carbocycles. The fraction of sp³-hybridized carbons (Fsp3) is 0.533. The van der Waals surface area contributed by atoms with E-state index >= 15 is 0 Å². The van der Waals surface area contributed by atoms with Crippen LogP contribution in [0.15, 0.2) is 30.3 Å². The Bertz CT molecular complexity index is 345. The van der Waals surface area contributed by atoms with Crippen molar-refractivity contribution in [3.05, 3.63) is 35.9 Å². The number of rotatable bonds is 6. The summed E-state index contributed by atoms with van der Waals surface area (Å²) in [4.78, 5) is 14.0. The van der Waals surface area contributed by atoms with Gasteiger partial charge in [-0.15, -0.1) is 0 Å². The van der Waals surface area contributed by atoms with Crippen LogP contribution in [0.3, 0.4) is 0 Å². The summed E-state index contributed by atoms with van der Waals surface area (Å²) in [6.45, 7) is 7.07. The van der Waals surface area contributed by atoms with Gasteiger partial charge in [0.05, 0.1) is 6.54 Å². The number of hydrogen-bond acceptors (Lipinski definition) is 2. The number of nitrogens with zero attached hydrogens (tertiary/aromatic N) is 1. The summed E-state index contributed by atoms with van der Waals surface area (Å²) in [7, 11) is 2.02. The molecule has 17 heavy (non-hydrogen) atoms. The maximum Gasteiger partial charge on any atom is 0.151 e. The lowest BCUT2D eigenvalue weighted by Crippen LogP contribution is -2.37. The van der Waals surface area contributed by atoms with Crippen molar-refractivity contribution in [2.75, 3.05) is 13.6 Å². The van der Waals surface area contributed by atoms with Gasteiger partial charge in [0.2, 0.25) is 0 Å². The van der Waals surface area contributed by atoms with E-state index in [9.17, 15) is 4.79 Å². The molecule has 1 rings (SSSR count). The van der Waals surface area contributed by atoms with E-state index in [2.05, 4.69) is 25.7 Å².